The first-order chi connectivity index (χ1) is 9.19. The molecule has 0 radical (unpaired) electrons. The lowest BCUT2D eigenvalue weighted by atomic mass is 10.1. The zero-order valence-corrected chi connectivity index (χ0v) is 11.0. The summed E-state index contributed by atoms with van der Waals surface area (Å²) < 4.78 is 17.9. The van der Waals surface area contributed by atoms with Crippen LogP contribution in [0.3, 0.4) is 0 Å². The first-order valence-corrected chi connectivity index (χ1v) is 6.51. The molecule has 1 unspecified atom stereocenters. The molecule has 19 heavy (non-hydrogen) atoms. The Hall–Kier alpha value is -1.75. The molecule has 1 aromatic carbocycles. The largest absolute Gasteiger partial charge is 0.338 e. The van der Waals surface area contributed by atoms with Crippen LogP contribution in [-0.4, -0.2) is 10.1 Å². The Morgan fingerprint density at radius 1 is 1.32 bits per heavy atom. The van der Waals surface area contributed by atoms with E-state index in [-0.39, 0.29) is 11.9 Å². The minimum absolute atomic E-state index is 0.200. The number of hydrogen-bond donors (Lipinski definition) is 1. The number of benzene rings is 1. The summed E-state index contributed by atoms with van der Waals surface area (Å²) in [4.78, 5) is 4.28. The molecule has 4 nitrogen and oxygen atoms in total. The number of hydrogen-bond acceptors (Lipinski definition) is 4. The lowest BCUT2D eigenvalue weighted by Crippen LogP contribution is -2.10. The number of rotatable bonds is 6. The van der Waals surface area contributed by atoms with Crippen LogP contribution in [0.2, 0.25) is 0 Å². The van der Waals surface area contributed by atoms with Crippen molar-refractivity contribution >= 4 is 0 Å². The van der Waals surface area contributed by atoms with E-state index in [9.17, 15) is 4.39 Å². The predicted molar refractivity (Wildman–Crippen MR) is 70.0 cm³/mol. The van der Waals surface area contributed by atoms with E-state index in [1.807, 2.05) is 0 Å². The molecule has 1 atom stereocenters. The van der Waals surface area contributed by atoms with Gasteiger partial charge in [-0.15, -0.1) is 0 Å². The summed E-state index contributed by atoms with van der Waals surface area (Å²) in [7, 11) is 0. The third-order valence-electron chi connectivity index (χ3n) is 2.95. The fourth-order valence-corrected chi connectivity index (χ4v) is 1.82. The minimum atomic E-state index is -0.251. The summed E-state index contributed by atoms with van der Waals surface area (Å²) in [6.45, 7) is 2.11. The van der Waals surface area contributed by atoms with Crippen molar-refractivity contribution in [3.63, 3.8) is 0 Å². The van der Waals surface area contributed by atoms with Gasteiger partial charge < -0.3 is 10.3 Å². The Kier molecular flexibility index (Phi) is 4.63. The summed E-state index contributed by atoms with van der Waals surface area (Å²) in [5, 5.41) is 3.90. The molecule has 5 heteroatoms. The average Bonchev–Trinajstić information content (AvgIpc) is 2.87. The molecule has 2 rings (SSSR count). The van der Waals surface area contributed by atoms with Crippen LogP contribution in [0.1, 0.15) is 49.5 Å². The van der Waals surface area contributed by atoms with Gasteiger partial charge in [0.25, 0.3) is 0 Å². The number of nitrogens with two attached hydrogens (primary N) is 1. The highest BCUT2D eigenvalue weighted by Crippen LogP contribution is 2.16. The van der Waals surface area contributed by atoms with Gasteiger partial charge in [-0.3, -0.25) is 0 Å². The summed E-state index contributed by atoms with van der Waals surface area (Å²) in [6, 6.07) is 6.06. The zero-order valence-electron chi connectivity index (χ0n) is 11.0. The molecule has 1 heterocycles. The predicted octanol–water partition coefficient (Wildman–Crippen LogP) is 2.99. The van der Waals surface area contributed by atoms with Crippen LogP contribution in [0.15, 0.2) is 28.8 Å². The van der Waals surface area contributed by atoms with E-state index in [0.717, 1.165) is 24.8 Å². The van der Waals surface area contributed by atoms with Crippen molar-refractivity contribution in [2.75, 3.05) is 0 Å². The molecule has 0 aliphatic heterocycles. The molecule has 0 amide bonds. The topological polar surface area (TPSA) is 64.9 Å². The summed E-state index contributed by atoms with van der Waals surface area (Å²) in [6.07, 6.45) is 3.49. The standard InChI is InChI=1S/C14H18FN3O/c1-2-3-4-12(16)14-17-13(18-19-14)9-10-5-7-11(15)8-6-10/h5-8,12H,2-4,9,16H2,1H3. The van der Waals surface area contributed by atoms with Gasteiger partial charge in [0.2, 0.25) is 5.89 Å². The smallest absolute Gasteiger partial charge is 0.243 e. The van der Waals surface area contributed by atoms with Gasteiger partial charge >= 0.3 is 0 Å². The van der Waals surface area contributed by atoms with Crippen LogP contribution in [-0.2, 0) is 6.42 Å². The van der Waals surface area contributed by atoms with Gasteiger partial charge in [0.1, 0.15) is 5.82 Å². The normalized spacial score (nSPS) is 12.6. The van der Waals surface area contributed by atoms with Gasteiger partial charge in [-0.1, -0.05) is 37.1 Å². The molecule has 2 aromatic rings. The minimum Gasteiger partial charge on any atom is -0.338 e. The lowest BCUT2D eigenvalue weighted by Gasteiger charge is -2.03. The van der Waals surface area contributed by atoms with Crippen molar-refractivity contribution in [1.82, 2.24) is 10.1 Å². The summed E-state index contributed by atoms with van der Waals surface area (Å²) >= 11 is 0. The van der Waals surface area contributed by atoms with Crippen molar-refractivity contribution in [2.24, 2.45) is 5.73 Å². The molecule has 0 fully saturated rings. The van der Waals surface area contributed by atoms with E-state index < -0.39 is 0 Å². The Bertz CT molecular complexity index is 510. The fourth-order valence-electron chi connectivity index (χ4n) is 1.82. The summed E-state index contributed by atoms with van der Waals surface area (Å²) in [5.41, 5.74) is 6.90. The highest BCUT2D eigenvalue weighted by atomic mass is 19.1. The van der Waals surface area contributed by atoms with Gasteiger partial charge in [-0.25, -0.2) is 4.39 Å². The van der Waals surface area contributed by atoms with Crippen LogP contribution in [0.25, 0.3) is 0 Å². The molecule has 2 N–H and O–H groups in total. The molecule has 102 valence electrons. The first-order valence-electron chi connectivity index (χ1n) is 6.51. The molecular weight excluding hydrogens is 245 g/mol. The second kappa shape index (κ2) is 6.43. The second-order valence-electron chi connectivity index (χ2n) is 4.60. The maximum absolute atomic E-state index is 12.8. The molecule has 0 saturated carbocycles. The van der Waals surface area contributed by atoms with Crippen molar-refractivity contribution in [1.29, 1.82) is 0 Å². The molecule has 1 aromatic heterocycles. The SMILES string of the molecule is CCCCC(N)c1nc(Cc2ccc(F)cc2)no1. The van der Waals surface area contributed by atoms with Gasteiger partial charge in [-0.05, 0) is 24.1 Å². The third-order valence-corrected chi connectivity index (χ3v) is 2.95. The lowest BCUT2D eigenvalue weighted by molar-refractivity contribution is 0.343. The Morgan fingerprint density at radius 2 is 2.05 bits per heavy atom. The number of unbranched alkanes of at least 4 members (excludes halogenated alkanes) is 1. The van der Waals surface area contributed by atoms with Gasteiger partial charge in [0.05, 0.1) is 6.04 Å². The Balaban J connectivity index is 1.98. The van der Waals surface area contributed by atoms with E-state index in [4.69, 9.17) is 10.3 Å². The molecular formula is C14H18FN3O. The van der Waals surface area contributed by atoms with E-state index in [2.05, 4.69) is 17.1 Å². The monoisotopic (exact) mass is 263 g/mol. The van der Waals surface area contributed by atoms with E-state index in [1.165, 1.54) is 12.1 Å². The van der Waals surface area contributed by atoms with Crippen LogP contribution < -0.4 is 5.73 Å². The number of aromatic nitrogens is 2. The molecule has 0 aliphatic rings. The van der Waals surface area contributed by atoms with Gasteiger partial charge in [-0.2, -0.15) is 4.98 Å². The van der Waals surface area contributed by atoms with Crippen molar-refractivity contribution in [2.45, 2.75) is 38.6 Å². The molecule has 0 saturated heterocycles. The number of nitrogens with zero attached hydrogens (tertiary/aromatic N) is 2. The molecule has 0 bridgehead atoms. The maximum atomic E-state index is 12.8. The fraction of sp³-hybridized carbons (Fsp3) is 0.429. The quantitative estimate of drug-likeness (QED) is 0.870. The van der Waals surface area contributed by atoms with Crippen LogP contribution in [0.4, 0.5) is 4.39 Å². The first kappa shape index (κ1) is 13.7. The van der Waals surface area contributed by atoms with Crippen molar-refractivity contribution in [3.05, 3.63) is 47.4 Å². The van der Waals surface area contributed by atoms with E-state index >= 15 is 0 Å². The van der Waals surface area contributed by atoms with Crippen molar-refractivity contribution < 1.29 is 8.91 Å². The maximum Gasteiger partial charge on any atom is 0.243 e. The van der Waals surface area contributed by atoms with Gasteiger partial charge in [0.15, 0.2) is 5.82 Å². The van der Waals surface area contributed by atoms with Crippen LogP contribution in [0.5, 0.6) is 0 Å². The summed E-state index contributed by atoms with van der Waals surface area (Å²) in [5.74, 6) is 0.804. The van der Waals surface area contributed by atoms with Gasteiger partial charge in [0, 0.05) is 6.42 Å². The highest BCUT2D eigenvalue weighted by Gasteiger charge is 2.14. The average molecular weight is 263 g/mol. The third kappa shape index (κ3) is 3.86. The Labute approximate surface area is 111 Å². The van der Waals surface area contributed by atoms with Crippen LogP contribution >= 0.6 is 0 Å². The van der Waals surface area contributed by atoms with Crippen LogP contribution in [0, 0.1) is 5.82 Å². The second-order valence-corrected chi connectivity index (χ2v) is 4.60. The molecule has 0 aliphatic carbocycles. The van der Waals surface area contributed by atoms with Crippen molar-refractivity contribution in [3.8, 4) is 0 Å². The number of halogens is 1. The van der Waals surface area contributed by atoms with E-state index in [0.29, 0.717) is 18.1 Å². The zero-order chi connectivity index (χ0) is 13.7. The Morgan fingerprint density at radius 3 is 2.74 bits per heavy atom. The molecule has 0 spiro atoms. The van der Waals surface area contributed by atoms with E-state index in [1.54, 1.807) is 12.1 Å². The highest BCUT2D eigenvalue weighted by molar-refractivity contribution is 5.19.